The van der Waals surface area contributed by atoms with Gasteiger partial charge in [-0.05, 0) is 175 Å². The molecule has 0 heterocycles. The van der Waals surface area contributed by atoms with E-state index >= 15 is 0 Å². The summed E-state index contributed by atoms with van der Waals surface area (Å²) in [5.74, 6) is 2.70. The lowest BCUT2D eigenvalue weighted by atomic mass is 9.74. The van der Waals surface area contributed by atoms with Crippen LogP contribution in [-0.2, 0) is 27.1 Å². The van der Waals surface area contributed by atoms with Crippen molar-refractivity contribution < 1.29 is 25.5 Å². The molecule has 0 radical (unpaired) electrons. The molecule has 0 aliphatic heterocycles. The zero-order chi connectivity index (χ0) is 55.1. The maximum atomic E-state index is 11.4. The summed E-state index contributed by atoms with van der Waals surface area (Å²) in [5.41, 5.74) is 15.1. The van der Waals surface area contributed by atoms with Gasteiger partial charge in [-0.25, -0.2) is 0 Å². The minimum absolute atomic E-state index is 0.0460. The lowest BCUT2D eigenvalue weighted by Crippen LogP contribution is -2.17. The van der Waals surface area contributed by atoms with E-state index in [0.29, 0.717) is 40.6 Å². The number of phenols is 5. The minimum atomic E-state index is -0.210. The van der Waals surface area contributed by atoms with Crippen molar-refractivity contribution in [2.45, 2.75) is 242 Å². The van der Waals surface area contributed by atoms with E-state index in [0.717, 1.165) is 74.9 Å². The Labute approximate surface area is 438 Å². The van der Waals surface area contributed by atoms with E-state index in [2.05, 4.69) is 209 Å². The maximum absolute atomic E-state index is 11.4. The van der Waals surface area contributed by atoms with Crippen LogP contribution in [0.2, 0.25) is 0 Å². The molecule has 0 spiro atoms. The van der Waals surface area contributed by atoms with Gasteiger partial charge in [-0.1, -0.05) is 188 Å². The number of hydrogen-bond donors (Lipinski definition) is 5. The van der Waals surface area contributed by atoms with Crippen LogP contribution in [0.4, 0.5) is 0 Å². The molecule has 5 aromatic rings. The van der Waals surface area contributed by atoms with Gasteiger partial charge in [0, 0.05) is 23.0 Å². The minimum Gasteiger partial charge on any atom is -0.508 e. The fraction of sp³-hybridized carbons (Fsp3) is 0.552. The first-order valence-electron chi connectivity index (χ1n) is 27.0. The summed E-state index contributed by atoms with van der Waals surface area (Å²) >= 11 is 0. The summed E-state index contributed by atoms with van der Waals surface area (Å²) in [7, 11) is 0. The summed E-state index contributed by atoms with van der Waals surface area (Å²) in [4.78, 5) is 0. The smallest absolute Gasteiger partial charge is 0.123 e. The number of aromatic hydroxyl groups is 5. The second kappa shape index (κ2) is 21.9. The van der Waals surface area contributed by atoms with Gasteiger partial charge in [0.05, 0.1) is 0 Å². The highest BCUT2D eigenvalue weighted by molar-refractivity contribution is 5.58. The molecule has 0 saturated carbocycles. The van der Waals surface area contributed by atoms with E-state index in [-0.39, 0.29) is 44.8 Å². The number of rotatable bonds is 11. The third-order valence-electron chi connectivity index (χ3n) is 15.7. The van der Waals surface area contributed by atoms with Gasteiger partial charge < -0.3 is 25.5 Å². The molecule has 0 bridgehead atoms. The Bertz CT molecular complexity index is 2550. The molecule has 0 amide bonds. The largest absolute Gasteiger partial charge is 0.508 e. The van der Waals surface area contributed by atoms with Crippen molar-refractivity contribution in [2.75, 3.05) is 0 Å². The number of phenolic OH excluding ortho intramolecular Hbond substituents is 5. The lowest BCUT2D eigenvalue weighted by molar-refractivity contribution is 0.429. The quantitative estimate of drug-likeness (QED) is 0.0908. The first-order valence-corrected chi connectivity index (χ1v) is 27.0. The number of benzene rings is 5. The number of aryl methyl sites for hydroxylation is 3. The van der Waals surface area contributed by atoms with E-state index in [4.69, 9.17) is 0 Å². The van der Waals surface area contributed by atoms with Crippen molar-refractivity contribution >= 4 is 0 Å². The Balaban J connectivity index is 0.000000321. The second-order valence-corrected chi connectivity index (χ2v) is 27.0. The standard InChI is InChI=1S/C37H52O3.C30H46O2/c1-21(25-18-29(35(5,6)7)32(38)15-22(25)2)14-28(26-19-30(36(8,9)10)33(39)16-23(26)3)27-20-31(37(11,12)13)34(40)17-24(27)4;1-12-18(3)21-14-23(27(31)25(16-21)29(6,7)8)20(5)24-15-22(19(4)13-2)17-26(28(24)32)30(9,10)11/h15-21,28,38-40H,14H2,1-13H3;14-20,31-32H,12-13H2,1-11H3. The third-order valence-corrected chi connectivity index (χ3v) is 15.7. The molecule has 0 saturated heterocycles. The Morgan fingerprint density at radius 3 is 0.903 bits per heavy atom. The van der Waals surface area contributed by atoms with Crippen molar-refractivity contribution in [3.05, 3.63) is 144 Å². The summed E-state index contributed by atoms with van der Waals surface area (Å²) < 4.78 is 0. The van der Waals surface area contributed by atoms with Gasteiger partial charge in [-0.15, -0.1) is 0 Å². The van der Waals surface area contributed by atoms with E-state index in [1.54, 1.807) is 0 Å². The topological polar surface area (TPSA) is 101 Å². The molecule has 72 heavy (non-hydrogen) atoms. The van der Waals surface area contributed by atoms with Crippen LogP contribution >= 0.6 is 0 Å². The summed E-state index contributed by atoms with van der Waals surface area (Å²) in [5, 5.41) is 55.4. The molecular weight excluding hydrogens is 885 g/mol. The van der Waals surface area contributed by atoms with Crippen LogP contribution in [-0.4, -0.2) is 25.5 Å². The first-order chi connectivity index (χ1) is 32.8. The van der Waals surface area contributed by atoms with Gasteiger partial charge in [-0.2, -0.15) is 0 Å². The molecule has 0 aliphatic rings. The van der Waals surface area contributed by atoms with Crippen LogP contribution in [0.5, 0.6) is 28.7 Å². The van der Waals surface area contributed by atoms with Gasteiger partial charge in [0.1, 0.15) is 28.7 Å². The zero-order valence-electron chi connectivity index (χ0n) is 49.5. The zero-order valence-corrected chi connectivity index (χ0v) is 49.5. The van der Waals surface area contributed by atoms with Crippen molar-refractivity contribution in [1.82, 2.24) is 0 Å². The van der Waals surface area contributed by atoms with Crippen LogP contribution in [0.25, 0.3) is 0 Å². The van der Waals surface area contributed by atoms with Gasteiger partial charge in [0.15, 0.2) is 0 Å². The van der Waals surface area contributed by atoms with E-state index in [1.165, 1.54) is 27.8 Å². The Hall–Kier alpha value is -4.90. The molecule has 3 atom stereocenters. The van der Waals surface area contributed by atoms with Gasteiger partial charge in [-0.3, -0.25) is 0 Å². The Morgan fingerprint density at radius 1 is 0.347 bits per heavy atom. The van der Waals surface area contributed by atoms with Crippen molar-refractivity contribution in [1.29, 1.82) is 0 Å². The third kappa shape index (κ3) is 13.4. The molecule has 0 aliphatic carbocycles. The molecule has 396 valence electrons. The van der Waals surface area contributed by atoms with Gasteiger partial charge in [0.25, 0.3) is 0 Å². The second-order valence-electron chi connectivity index (χ2n) is 27.0. The fourth-order valence-electron chi connectivity index (χ4n) is 10.5. The van der Waals surface area contributed by atoms with Gasteiger partial charge in [0.2, 0.25) is 0 Å². The molecule has 0 fully saturated rings. The molecule has 5 N–H and O–H groups in total. The summed E-state index contributed by atoms with van der Waals surface area (Å²) in [6, 6.07) is 21.0. The lowest BCUT2D eigenvalue weighted by Gasteiger charge is -2.31. The van der Waals surface area contributed by atoms with Crippen LogP contribution in [0.15, 0.2) is 60.7 Å². The fourth-order valence-corrected chi connectivity index (χ4v) is 10.5. The molecule has 5 rings (SSSR count). The highest BCUT2D eigenvalue weighted by atomic mass is 16.3. The van der Waals surface area contributed by atoms with Crippen molar-refractivity contribution in [3.63, 3.8) is 0 Å². The van der Waals surface area contributed by atoms with Crippen molar-refractivity contribution in [3.8, 4) is 28.7 Å². The van der Waals surface area contributed by atoms with Crippen LogP contribution in [0, 0.1) is 20.8 Å². The first kappa shape index (κ1) is 59.7. The van der Waals surface area contributed by atoms with E-state index < -0.39 is 0 Å². The normalized spacial score (nSPS) is 14.5. The van der Waals surface area contributed by atoms with E-state index in [9.17, 15) is 25.5 Å². The number of hydrogen-bond acceptors (Lipinski definition) is 5. The average Bonchev–Trinajstić information content (AvgIpc) is 3.23. The Morgan fingerprint density at radius 2 is 0.625 bits per heavy atom. The predicted molar refractivity (Wildman–Crippen MR) is 308 cm³/mol. The predicted octanol–water partition coefficient (Wildman–Crippen LogP) is 18.8. The van der Waals surface area contributed by atoms with Crippen LogP contribution in [0.3, 0.4) is 0 Å². The van der Waals surface area contributed by atoms with Crippen LogP contribution < -0.4 is 0 Å². The summed E-state index contributed by atoms with van der Waals surface area (Å²) in [6.45, 7) is 51.6. The molecule has 0 aromatic heterocycles. The van der Waals surface area contributed by atoms with E-state index in [1.807, 2.05) is 18.2 Å². The maximum Gasteiger partial charge on any atom is 0.123 e. The van der Waals surface area contributed by atoms with Crippen LogP contribution in [0.1, 0.15) is 278 Å². The molecule has 5 nitrogen and oxygen atoms in total. The van der Waals surface area contributed by atoms with Crippen molar-refractivity contribution in [2.24, 2.45) is 0 Å². The summed E-state index contributed by atoms with van der Waals surface area (Å²) in [6.07, 6.45) is 2.94. The average molecular weight is 984 g/mol. The molecular formula is C67H98O5. The Kier molecular flexibility index (Phi) is 18.1. The molecule has 5 heteroatoms. The molecule has 5 aromatic carbocycles. The SMILES string of the molecule is CCC(C)c1cc(C(C)c2cc(C(C)CC)cc(C(C)(C)C)c2O)c(O)c(C(C)(C)C)c1.Cc1cc(O)c(C(C)(C)C)cc1C(C)CC(c1cc(C(C)(C)C)c(O)cc1C)c1cc(C(C)(C)C)c(O)cc1C. The monoisotopic (exact) mass is 983 g/mol. The highest BCUT2D eigenvalue weighted by Crippen LogP contribution is 2.48. The highest BCUT2D eigenvalue weighted by Gasteiger charge is 2.32. The molecule has 3 unspecified atom stereocenters. The van der Waals surface area contributed by atoms with Gasteiger partial charge >= 0.3 is 0 Å².